The van der Waals surface area contributed by atoms with Gasteiger partial charge in [-0.25, -0.2) is 0 Å². The molecule has 1 aliphatic rings. The van der Waals surface area contributed by atoms with E-state index < -0.39 is 0 Å². The van der Waals surface area contributed by atoms with Gasteiger partial charge in [0, 0.05) is 10.7 Å². The van der Waals surface area contributed by atoms with E-state index in [1.165, 1.54) is 17.5 Å². The van der Waals surface area contributed by atoms with Gasteiger partial charge in [-0.05, 0) is 85.0 Å². The summed E-state index contributed by atoms with van der Waals surface area (Å²) in [5.74, 6) is 0.858. The second-order valence-corrected chi connectivity index (χ2v) is 8.35. The third-order valence-corrected chi connectivity index (χ3v) is 6.09. The minimum absolute atomic E-state index is 0.295. The van der Waals surface area contributed by atoms with Gasteiger partial charge in [0.2, 0.25) is 0 Å². The van der Waals surface area contributed by atoms with E-state index in [1.807, 2.05) is 29.8 Å². The fourth-order valence-electron chi connectivity index (χ4n) is 4.36. The number of hydrogen-bond acceptors (Lipinski definition) is 4. The van der Waals surface area contributed by atoms with Crippen LogP contribution in [0.5, 0.6) is 0 Å². The molecule has 0 bridgehead atoms. The number of aryl methyl sites for hydroxylation is 2. The third-order valence-electron chi connectivity index (χ3n) is 5.68. The van der Waals surface area contributed by atoms with Crippen molar-refractivity contribution in [2.45, 2.75) is 58.4 Å². The number of halogens is 1. The molecule has 1 aromatic heterocycles. The number of benzene rings is 2. The Labute approximate surface area is 171 Å². The molecular weight excluding hydrogens is 370 g/mol. The number of aromatic nitrogens is 4. The van der Waals surface area contributed by atoms with Gasteiger partial charge in [0.05, 0.1) is 11.2 Å². The van der Waals surface area contributed by atoms with E-state index in [-0.39, 0.29) is 5.54 Å². The first-order valence-corrected chi connectivity index (χ1v) is 10.3. The van der Waals surface area contributed by atoms with E-state index in [0.717, 1.165) is 53.5 Å². The molecule has 0 amide bonds. The van der Waals surface area contributed by atoms with E-state index in [2.05, 4.69) is 52.9 Å². The highest BCUT2D eigenvalue weighted by atomic mass is 35.5. The van der Waals surface area contributed by atoms with Gasteiger partial charge in [0.1, 0.15) is 0 Å². The number of nitrogens with one attached hydrogen (secondary N) is 1. The Kier molecular flexibility index (Phi) is 5.11. The maximum atomic E-state index is 6.37. The van der Waals surface area contributed by atoms with Gasteiger partial charge in [-0.15, -0.1) is 5.10 Å². The lowest BCUT2D eigenvalue weighted by molar-refractivity contribution is 0.309. The highest BCUT2D eigenvalue weighted by molar-refractivity contribution is 6.31. The Hall–Kier alpha value is -2.40. The first-order chi connectivity index (χ1) is 13.5. The average molecular weight is 396 g/mol. The minimum atomic E-state index is -0.295. The van der Waals surface area contributed by atoms with Crippen LogP contribution >= 0.6 is 11.6 Å². The molecule has 6 heteroatoms. The van der Waals surface area contributed by atoms with Crippen molar-refractivity contribution >= 4 is 17.3 Å². The summed E-state index contributed by atoms with van der Waals surface area (Å²) in [7, 11) is 0. The predicted molar refractivity (Wildman–Crippen MR) is 113 cm³/mol. The van der Waals surface area contributed by atoms with Crippen LogP contribution in [0.4, 0.5) is 5.69 Å². The smallest absolute Gasteiger partial charge is 0.181 e. The van der Waals surface area contributed by atoms with Crippen molar-refractivity contribution in [2.24, 2.45) is 0 Å². The maximum absolute atomic E-state index is 6.37. The van der Waals surface area contributed by atoms with Gasteiger partial charge in [0.15, 0.2) is 5.82 Å². The Morgan fingerprint density at radius 1 is 1.00 bits per heavy atom. The first kappa shape index (κ1) is 18.9. The topological polar surface area (TPSA) is 55.6 Å². The van der Waals surface area contributed by atoms with E-state index in [0.29, 0.717) is 0 Å². The van der Waals surface area contributed by atoms with Crippen LogP contribution < -0.4 is 5.32 Å². The van der Waals surface area contributed by atoms with E-state index in [9.17, 15) is 0 Å². The number of anilines is 1. The molecule has 0 spiro atoms. The van der Waals surface area contributed by atoms with Crippen molar-refractivity contribution in [3.63, 3.8) is 0 Å². The maximum Gasteiger partial charge on any atom is 0.181 e. The van der Waals surface area contributed by atoms with Gasteiger partial charge >= 0.3 is 0 Å². The summed E-state index contributed by atoms with van der Waals surface area (Å²) in [6.07, 6.45) is 5.55. The summed E-state index contributed by atoms with van der Waals surface area (Å²) in [6, 6.07) is 12.5. The first-order valence-electron chi connectivity index (χ1n) is 9.89. The minimum Gasteiger partial charge on any atom is -0.373 e. The molecule has 0 radical (unpaired) electrons. The third kappa shape index (κ3) is 3.51. The largest absolute Gasteiger partial charge is 0.373 e. The zero-order valence-corrected chi connectivity index (χ0v) is 17.4. The van der Waals surface area contributed by atoms with Gasteiger partial charge in [0.25, 0.3) is 0 Å². The van der Waals surface area contributed by atoms with Crippen molar-refractivity contribution in [3.8, 4) is 5.69 Å². The van der Waals surface area contributed by atoms with Gasteiger partial charge in [-0.1, -0.05) is 43.0 Å². The molecule has 28 heavy (non-hydrogen) atoms. The van der Waals surface area contributed by atoms with Crippen LogP contribution in [0, 0.1) is 20.8 Å². The molecule has 1 saturated carbocycles. The fraction of sp³-hybridized carbons (Fsp3) is 0.409. The molecule has 1 fully saturated rings. The number of tetrazole rings is 1. The molecule has 3 aromatic rings. The molecule has 1 heterocycles. The second kappa shape index (κ2) is 7.55. The second-order valence-electron chi connectivity index (χ2n) is 7.94. The molecule has 5 nitrogen and oxygen atoms in total. The Bertz CT molecular complexity index is 968. The molecule has 0 saturated heterocycles. The highest BCUT2D eigenvalue weighted by Gasteiger charge is 2.39. The van der Waals surface area contributed by atoms with Crippen LogP contribution in [0.1, 0.15) is 54.6 Å². The van der Waals surface area contributed by atoms with Crippen LogP contribution in [-0.4, -0.2) is 20.2 Å². The summed E-state index contributed by atoms with van der Waals surface area (Å²) < 4.78 is 1.86. The lowest BCUT2D eigenvalue weighted by atomic mass is 9.80. The molecule has 1 N–H and O–H groups in total. The van der Waals surface area contributed by atoms with Crippen LogP contribution in [0.15, 0.2) is 36.4 Å². The highest BCUT2D eigenvalue weighted by Crippen LogP contribution is 2.40. The van der Waals surface area contributed by atoms with Crippen molar-refractivity contribution in [2.75, 3.05) is 5.32 Å². The van der Waals surface area contributed by atoms with Crippen molar-refractivity contribution in [3.05, 3.63) is 63.9 Å². The zero-order valence-electron chi connectivity index (χ0n) is 16.7. The monoisotopic (exact) mass is 395 g/mol. The molecule has 1 aliphatic carbocycles. The van der Waals surface area contributed by atoms with Crippen LogP contribution in [0.25, 0.3) is 5.69 Å². The Balaban J connectivity index is 1.81. The summed E-state index contributed by atoms with van der Waals surface area (Å²) >= 11 is 6.37. The Morgan fingerprint density at radius 2 is 1.71 bits per heavy atom. The summed E-state index contributed by atoms with van der Waals surface area (Å²) in [4.78, 5) is 0. The standard InChI is InChI=1S/C22H26ClN5/c1-15-12-16(2)14-18(13-15)24-22(10-5-4-6-11-22)21-25-26-27-28(21)20-9-7-8-19(23)17(20)3/h7-9,12-14,24H,4-6,10-11H2,1-3H3. The fourth-order valence-corrected chi connectivity index (χ4v) is 4.53. The number of nitrogens with zero attached hydrogens (tertiary/aromatic N) is 4. The number of hydrogen-bond donors (Lipinski definition) is 1. The van der Waals surface area contributed by atoms with E-state index in [1.54, 1.807) is 0 Å². The van der Waals surface area contributed by atoms with Crippen LogP contribution in [0.2, 0.25) is 5.02 Å². The lowest BCUT2D eigenvalue weighted by Crippen LogP contribution is -2.40. The van der Waals surface area contributed by atoms with Crippen LogP contribution in [-0.2, 0) is 5.54 Å². The Morgan fingerprint density at radius 3 is 2.43 bits per heavy atom. The summed E-state index contributed by atoms with van der Waals surface area (Å²) in [5, 5.41) is 17.4. The molecule has 0 unspecified atom stereocenters. The predicted octanol–water partition coefficient (Wildman–Crippen LogP) is 5.51. The molecular formula is C22H26ClN5. The van der Waals surface area contributed by atoms with Gasteiger partial charge < -0.3 is 5.32 Å². The van der Waals surface area contributed by atoms with Crippen molar-refractivity contribution in [1.82, 2.24) is 20.2 Å². The molecule has 146 valence electrons. The normalized spacial score (nSPS) is 16.1. The van der Waals surface area contributed by atoms with Gasteiger partial charge in [-0.3, -0.25) is 0 Å². The SMILES string of the molecule is Cc1cc(C)cc(NC2(c3nnnn3-c3cccc(Cl)c3C)CCCCC2)c1. The summed E-state index contributed by atoms with van der Waals surface area (Å²) in [5.41, 5.74) is 5.24. The van der Waals surface area contributed by atoms with Gasteiger partial charge in [-0.2, -0.15) is 4.68 Å². The molecule has 4 rings (SSSR count). The lowest BCUT2D eigenvalue weighted by Gasteiger charge is -2.38. The molecule has 2 aromatic carbocycles. The van der Waals surface area contributed by atoms with E-state index in [4.69, 9.17) is 11.6 Å². The molecule has 0 atom stereocenters. The van der Waals surface area contributed by atoms with E-state index >= 15 is 0 Å². The quantitative estimate of drug-likeness (QED) is 0.632. The molecule has 0 aliphatic heterocycles. The summed E-state index contributed by atoms with van der Waals surface area (Å²) in [6.45, 7) is 6.27. The zero-order chi connectivity index (χ0) is 19.7. The van der Waals surface area contributed by atoms with Crippen LogP contribution in [0.3, 0.4) is 0 Å². The van der Waals surface area contributed by atoms with Crippen molar-refractivity contribution in [1.29, 1.82) is 0 Å². The van der Waals surface area contributed by atoms with Crippen molar-refractivity contribution < 1.29 is 0 Å². The average Bonchev–Trinajstić information content (AvgIpc) is 3.14. The number of rotatable bonds is 4.